The Morgan fingerprint density at radius 3 is 2.94 bits per heavy atom. The normalized spacial score (nSPS) is 10.4. The highest BCUT2D eigenvalue weighted by atomic mass is 16.5. The van der Waals surface area contributed by atoms with E-state index in [0.29, 0.717) is 25.4 Å². The minimum absolute atomic E-state index is 0.0163. The molecule has 1 rings (SSSR count). The van der Waals surface area contributed by atoms with Gasteiger partial charge in [0.1, 0.15) is 6.54 Å². The Hall–Kier alpha value is -1.56. The van der Waals surface area contributed by atoms with Crippen molar-refractivity contribution in [2.45, 2.75) is 13.5 Å². The number of carbonyl (C=O) groups excluding carboxylic acids is 1. The molecule has 1 heterocycles. The molecule has 0 aliphatic heterocycles. The predicted molar refractivity (Wildman–Crippen MR) is 60.8 cm³/mol. The van der Waals surface area contributed by atoms with Crippen LogP contribution in [0.5, 0.6) is 0 Å². The lowest BCUT2D eigenvalue weighted by atomic mass is 10.4. The van der Waals surface area contributed by atoms with Crippen LogP contribution in [0, 0.1) is 0 Å². The summed E-state index contributed by atoms with van der Waals surface area (Å²) >= 11 is 0. The van der Waals surface area contributed by atoms with Crippen LogP contribution in [0.4, 0.5) is 5.69 Å². The fourth-order valence-corrected chi connectivity index (χ4v) is 1.37. The third-order valence-corrected chi connectivity index (χ3v) is 2.25. The summed E-state index contributed by atoms with van der Waals surface area (Å²) in [4.78, 5) is 13.6. The zero-order valence-electron chi connectivity index (χ0n) is 9.72. The predicted octanol–water partition coefficient (Wildman–Crippen LogP) is -0.0398. The van der Waals surface area contributed by atoms with Crippen LogP contribution in [0.2, 0.25) is 0 Å². The number of ether oxygens (including phenoxy) is 1. The Bertz CT molecular complexity index is 337. The van der Waals surface area contributed by atoms with Gasteiger partial charge in [-0.25, -0.2) is 0 Å². The van der Waals surface area contributed by atoms with Crippen LogP contribution in [0.1, 0.15) is 6.92 Å². The first-order valence-electron chi connectivity index (χ1n) is 5.22. The van der Waals surface area contributed by atoms with Gasteiger partial charge in [0, 0.05) is 26.4 Å². The first-order valence-corrected chi connectivity index (χ1v) is 5.22. The van der Waals surface area contributed by atoms with Crippen LogP contribution < -0.4 is 5.73 Å². The highest BCUT2D eigenvalue weighted by Crippen LogP contribution is 1.99. The van der Waals surface area contributed by atoms with E-state index < -0.39 is 0 Å². The summed E-state index contributed by atoms with van der Waals surface area (Å²) in [7, 11) is 1.62. The molecule has 6 nitrogen and oxygen atoms in total. The van der Waals surface area contributed by atoms with Gasteiger partial charge in [-0.3, -0.25) is 9.48 Å². The molecule has 0 unspecified atom stereocenters. The van der Waals surface area contributed by atoms with E-state index in [4.69, 9.17) is 10.5 Å². The molecule has 0 saturated carbocycles. The number of likely N-dealkylation sites (N-methyl/N-ethyl adjacent to an activating group) is 1. The average Bonchev–Trinajstić information content (AvgIpc) is 2.65. The second-order valence-electron chi connectivity index (χ2n) is 3.44. The highest BCUT2D eigenvalue weighted by molar-refractivity contribution is 5.75. The number of methoxy groups -OCH3 is 1. The van der Waals surface area contributed by atoms with Crippen molar-refractivity contribution in [1.29, 1.82) is 0 Å². The van der Waals surface area contributed by atoms with Gasteiger partial charge in [-0.1, -0.05) is 0 Å². The number of anilines is 1. The maximum atomic E-state index is 11.8. The van der Waals surface area contributed by atoms with Gasteiger partial charge >= 0.3 is 0 Å². The second-order valence-corrected chi connectivity index (χ2v) is 3.44. The molecule has 0 aliphatic carbocycles. The Morgan fingerprint density at radius 1 is 1.69 bits per heavy atom. The van der Waals surface area contributed by atoms with E-state index in [1.165, 1.54) is 10.9 Å². The van der Waals surface area contributed by atoms with Crippen molar-refractivity contribution in [1.82, 2.24) is 14.7 Å². The van der Waals surface area contributed by atoms with E-state index >= 15 is 0 Å². The second kappa shape index (κ2) is 6.12. The third kappa shape index (κ3) is 3.54. The standard InChI is InChI=1S/C10H18N4O2/c1-3-13(4-5-16-2)10(15)8-14-7-9(11)6-12-14/h6-7H,3-5,8,11H2,1-2H3. The zero-order chi connectivity index (χ0) is 12.0. The van der Waals surface area contributed by atoms with Crippen molar-refractivity contribution >= 4 is 11.6 Å². The molecule has 0 saturated heterocycles. The van der Waals surface area contributed by atoms with E-state index in [1.807, 2.05) is 6.92 Å². The van der Waals surface area contributed by atoms with E-state index in [-0.39, 0.29) is 12.5 Å². The molecule has 2 N–H and O–H groups in total. The molecule has 1 aromatic heterocycles. The molecule has 0 aromatic carbocycles. The molecular weight excluding hydrogens is 208 g/mol. The van der Waals surface area contributed by atoms with Gasteiger partial charge in [-0.15, -0.1) is 0 Å². The van der Waals surface area contributed by atoms with Crippen molar-refractivity contribution in [2.75, 3.05) is 32.5 Å². The smallest absolute Gasteiger partial charge is 0.244 e. The van der Waals surface area contributed by atoms with Crippen molar-refractivity contribution < 1.29 is 9.53 Å². The third-order valence-electron chi connectivity index (χ3n) is 2.25. The maximum absolute atomic E-state index is 11.8. The highest BCUT2D eigenvalue weighted by Gasteiger charge is 2.12. The lowest BCUT2D eigenvalue weighted by Crippen LogP contribution is -2.36. The number of nitrogens with two attached hydrogens (primary N) is 1. The summed E-state index contributed by atoms with van der Waals surface area (Å²) in [5, 5.41) is 3.97. The summed E-state index contributed by atoms with van der Waals surface area (Å²) in [6, 6.07) is 0. The lowest BCUT2D eigenvalue weighted by molar-refractivity contribution is -0.132. The SMILES string of the molecule is CCN(CCOC)C(=O)Cn1cc(N)cn1. The van der Waals surface area contributed by atoms with Crippen LogP contribution >= 0.6 is 0 Å². The number of rotatable bonds is 6. The van der Waals surface area contributed by atoms with Gasteiger partial charge in [0.15, 0.2) is 0 Å². The minimum Gasteiger partial charge on any atom is -0.396 e. The van der Waals surface area contributed by atoms with E-state index in [1.54, 1.807) is 18.2 Å². The molecular formula is C10H18N4O2. The molecule has 0 spiro atoms. The monoisotopic (exact) mass is 226 g/mol. The van der Waals surface area contributed by atoms with Gasteiger partial charge in [0.05, 0.1) is 18.5 Å². The quantitative estimate of drug-likeness (QED) is 0.738. The summed E-state index contributed by atoms with van der Waals surface area (Å²) in [5.41, 5.74) is 6.08. The van der Waals surface area contributed by atoms with Crippen molar-refractivity contribution in [3.05, 3.63) is 12.4 Å². The van der Waals surface area contributed by atoms with Crippen LogP contribution in [-0.4, -0.2) is 47.4 Å². The Balaban J connectivity index is 2.49. The molecule has 16 heavy (non-hydrogen) atoms. The molecule has 1 aromatic rings. The van der Waals surface area contributed by atoms with Gasteiger partial charge in [0.2, 0.25) is 5.91 Å². The number of amides is 1. The van der Waals surface area contributed by atoms with Gasteiger partial charge in [-0.2, -0.15) is 5.10 Å². The van der Waals surface area contributed by atoms with Crippen LogP contribution in [0.25, 0.3) is 0 Å². The molecule has 0 bridgehead atoms. The molecule has 0 fully saturated rings. The number of hydrogen-bond acceptors (Lipinski definition) is 4. The molecule has 0 radical (unpaired) electrons. The van der Waals surface area contributed by atoms with Gasteiger partial charge in [-0.05, 0) is 6.92 Å². The molecule has 6 heteroatoms. The van der Waals surface area contributed by atoms with Crippen LogP contribution in [0.3, 0.4) is 0 Å². The largest absolute Gasteiger partial charge is 0.396 e. The Labute approximate surface area is 95.0 Å². The number of nitrogen functional groups attached to an aromatic ring is 1. The van der Waals surface area contributed by atoms with E-state index in [0.717, 1.165) is 0 Å². The van der Waals surface area contributed by atoms with E-state index in [9.17, 15) is 4.79 Å². The topological polar surface area (TPSA) is 73.4 Å². The van der Waals surface area contributed by atoms with Crippen molar-refractivity contribution in [3.8, 4) is 0 Å². The average molecular weight is 226 g/mol. The van der Waals surface area contributed by atoms with Gasteiger partial charge < -0.3 is 15.4 Å². The number of hydrogen-bond donors (Lipinski definition) is 1. The summed E-state index contributed by atoms with van der Waals surface area (Å²) in [6.45, 7) is 3.96. The summed E-state index contributed by atoms with van der Waals surface area (Å²) in [5.74, 6) is 0.0163. The molecule has 0 aliphatic rings. The zero-order valence-corrected chi connectivity index (χ0v) is 9.72. The fourth-order valence-electron chi connectivity index (χ4n) is 1.37. The van der Waals surface area contributed by atoms with Crippen molar-refractivity contribution in [3.63, 3.8) is 0 Å². The fraction of sp³-hybridized carbons (Fsp3) is 0.600. The molecule has 0 atom stereocenters. The number of nitrogens with zero attached hydrogens (tertiary/aromatic N) is 3. The summed E-state index contributed by atoms with van der Waals surface area (Å²) < 4.78 is 6.48. The summed E-state index contributed by atoms with van der Waals surface area (Å²) in [6.07, 6.45) is 3.17. The Kier molecular flexibility index (Phi) is 4.78. The van der Waals surface area contributed by atoms with E-state index in [2.05, 4.69) is 5.10 Å². The molecule has 90 valence electrons. The maximum Gasteiger partial charge on any atom is 0.244 e. The Morgan fingerprint density at radius 2 is 2.44 bits per heavy atom. The van der Waals surface area contributed by atoms with Crippen LogP contribution in [0.15, 0.2) is 12.4 Å². The minimum atomic E-state index is 0.0163. The first kappa shape index (κ1) is 12.5. The van der Waals surface area contributed by atoms with Crippen molar-refractivity contribution in [2.24, 2.45) is 0 Å². The lowest BCUT2D eigenvalue weighted by Gasteiger charge is -2.20. The van der Waals surface area contributed by atoms with Crippen LogP contribution in [-0.2, 0) is 16.1 Å². The molecule has 1 amide bonds. The number of aromatic nitrogens is 2. The number of carbonyl (C=O) groups is 1. The first-order chi connectivity index (χ1) is 7.67. The van der Waals surface area contributed by atoms with Gasteiger partial charge in [0.25, 0.3) is 0 Å².